The van der Waals surface area contributed by atoms with Gasteiger partial charge in [0.2, 0.25) is 11.1 Å². The quantitative estimate of drug-likeness (QED) is 0.359. The number of hydrogen-bond acceptors (Lipinski definition) is 7. The highest BCUT2D eigenvalue weighted by Gasteiger charge is 2.12. The van der Waals surface area contributed by atoms with Crippen LogP contribution in [0.25, 0.3) is 0 Å². The van der Waals surface area contributed by atoms with E-state index in [0.717, 1.165) is 16.4 Å². The number of amides is 1. The number of aliphatic hydroxyl groups excluding tert-OH is 1. The second kappa shape index (κ2) is 7.57. The van der Waals surface area contributed by atoms with E-state index in [0.29, 0.717) is 10.7 Å². The number of benzene rings is 1. The SMILES string of the molecule is Nn1c(CO)nnc1SCC(=O)NCC(=O)c1ccccc1. The summed E-state index contributed by atoms with van der Waals surface area (Å²) in [5.41, 5.74) is 0.546. The fourth-order valence-corrected chi connectivity index (χ4v) is 2.30. The molecular formula is C13H15N5O3S. The van der Waals surface area contributed by atoms with Crippen LogP contribution in [0.3, 0.4) is 0 Å². The maximum absolute atomic E-state index is 11.8. The monoisotopic (exact) mass is 321 g/mol. The van der Waals surface area contributed by atoms with Gasteiger partial charge in [-0.15, -0.1) is 10.2 Å². The predicted octanol–water partition coefficient (Wildman–Crippen LogP) is -0.425. The first-order valence-corrected chi connectivity index (χ1v) is 7.38. The van der Waals surface area contributed by atoms with Gasteiger partial charge in [-0.1, -0.05) is 42.1 Å². The van der Waals surface area contributed by atoms with Gasteiger partial charge in [0, 0.05) is 5.56 Å². The molecule has 2 rings (SSSR count). The summed E-state index contributed by atoms with van der Waals surface area (Å²) in [5.74, 6) is 5.40. The Morgan fingerprint density at radius 3 is 2.64 bits per heavy atom. The summed E-state index contributed by atoms with van der Waals surface area (Å²) in [6.07, 6.45) is 0. The number of ketones is 1. The lowest BCUT2D eigenvalue weighted by Gasteiger charge is -2.05. The lowest BCUT2D eigenvalue weighted by Crippen LogP contribution is -2.31. The second-order valence-electron chi connectivity index (χ2n) is 4.28. The number of aromatic nitrogens is 3. The molecular weight excluding hydrogens is 306 g/mol. The van der Waals surface area contributed by atoms with Gasteiger partial charge in [0.25, 0.3) is 0 Å². The van der Waals surface area contributed by atoms with Gasteiger partial charge >= 0.3 is 0 Å². The van der Waals surface area contributed by atoms with Gasteiger partial charge in [-0.2, -0.15) is 0 Å². The van der Waals surface area contributed by atoms with Crippen molar-refractivity contribution in [2.45, 2.75) is 11.8 Å². The average Bonchev–Trinajstić information content (AvgIpc) is 2.91. The molecule has 0 aliphatic rings. The van der Waals surface area contributed by atoms with E-state index in [4.69, 9.17) is 10.9 Å². The molecule has 0 aliphatic heterocycles. The van der Waals surface area contributed by atoms with Crippen molar-refractivity contribution in [1.82, 2.24) is 20.2 Å². The Labute approximate surface area is 130 Å². The van der Waals surface area contributed by atoms with Crippen LogP contribution in [-0.4, -0.2) is 44.0 Å². The smallest absolute Gasteiger partial charge is 0.230 e. The molecule has 1 amide bonds. The third-order valence-corrected chi connectivity index (χ3v) is 3.69. The molecule has 1 aromatic heterocycles. The number of carbonyl (C=O) groups excluding carboxylic acids is 2. The molecule has 1 aromatic carbocycles. The van der Waals surface area contributed by atoms with Crippen LogP contribution in [0, 0.1) is 0 Å². The topological polar surface area (TPSA) is 123 Å². The molecule has 0 spiro atoms. The van der Waals surface area contributed by atoms with Gasteiger partial charge < -0.3 is 16.3 Å². The average molecular weight is 321 g/mol. The lowest BCUT2D eigenvalue weighted by atomic mass is 10.1. The standard InChI is InChI=1S/C13H15N5O3S/c14-18-11(7-19)16-17-13(18)22-8-12(21)15-6-10(20)9-4-2-1-3-5-9/h1-5,19H,6-8,14H2,(H,15,21). The molecule has 2 aromatic rings. The Balaban J connectivity index is 1.78. The van der Waals surface area contributed by atoms with Crippen molar-refractivity contribution in [3.63, 3.8) is 0 Å². The minimum absolute atomic E-state index is 0.0445. The van der Waals surface area contributed by atoms with E-state index in [2.05, 4.69) is 15.5 Å². The Morgan fingerprint density at radius 1 is 1.27 bits per heavy atom. The molecule has 4 N–H and O–H groups in total. The molecule has 9 heteroatoms. The largest absolute Gasteiger partial charge is 0.388 e. The molecule has 8 nitrogen and oxygen atoms in total. The van der Waals surface area contributed by atoms with Crippen molar-refractivity contribution < 1.29 is 14.7 Å². The van der Waals surface area contributed by atoms with Gasteiger partial charge in [-0.25, -0.2) is 4.68 Å². The van der Waals surface area contributed by atoms with Crippen molar-refractivity contribution in [3.05, 3.63) is 41.7 Å². The molecule has 0 aliphatic carbocycles. The van der Waals surface area contributed by atoms with Crippen molar-refractivity contribution in [1.29, 1.82) is 0 Å². The fourth-order valence-electron chi connectivity index (χ4n) is 1.60. The third-order valence-electron chi connectivity index (χ3n) is 2.75. The van der Waals surface area contributed by atoms with E-state index in [1.165, 1.54) is 0 Å². The van der Waals surface area contributed by atoms with Crippen LogP contribution >= 0.6 is 11.8 Å². The summed E-state index contributed by atoms with van der Waals surface area (Å²) >= 11 is 1.07. The Kier molecular flexibility index (Phi) is 5.50. The van der Waals surface area contributed by atoms with Crippen LogP contribution < -0.4 is 11.2 Å². The number of rotatable bonds is 7. The van der Waals surface area contributed by atoms with Crippen LogP contribution in [0.2, 0.25) is 0 Å². The first-order valence-electron chi connectivity index (χ1n) is 6.39. The number of aliphatic hydroxyl groups is 1. The zero-order valence-corrected chi connectivity index (χ0v) is 12.4. The number of nitrogens with two attached hydrogens (primary N) is 1. The minimum atomic E-state index is -0.332. The number of hydrogen-bond donors (Lipinski definition) is 3. The first kappa shape index (κ1) is 16.0. The van der Waals surface area contributed by atoms with Crippen LogP contribution in [-0.2, 0) is 11.4 Å². The summed E-state index contributed by atoms with van der Waals surface area (Å²) in [7, 11) is 0. The van der Waals surface area contributed by atoms with Crippen molar-refractivity contribution >= 4 is 23.5 Å². The van der Waals surface area contributed by atoms with E-state index in [-0.39, 0.29) is 36.4 Å². The predicted molar refractivity (Wildman–Crippen MR) is 80.6 cm³/mol. The maximum Gasteiger partial charge on any atom is 0.230 e. The molecule has 1 heterocycles. The Bertz CT molecular complexity index is 659. The maximum atomic E-state index is 11.8. The third kappa shape index (κ3) is 4.06. The van der Waals surface area contributed by atoms with Crippen LogP contribution in [0.5, 0.6) is 0 Å². The van der Waals surface area contributed by atoms with Crippen LogP contribution in [0.15, 0.2) is 35.5 Å². The van der Waals surface area contributed by atoms with E-state index in [9.17, 15) is 9.59 Å². The Morgan fingerprint density at radius 2 is 2.00 bits per heavy atom. The highest BCUT2D eigenvalue weighted by atomic mass is 32.2. The van der Waals surface area contributed by atoms with Crippen molar-refractivity contribution in [3.8, 4) is 0 Å². The van der Waals surface area contributed by atoms with E-state index >= 15 is 0 Å². The molecule has 116 valence electrons. The zero-order valence-electron chi connectivity index (χ0n) is 11.6. The number of nitrogens with zero attached hydrogens (tertiary/aromatic N) is 3. The minimum Gasteiger partial charge on any atom is -0.388 e. The van der Waals surface area contributed by atoms with Crippen molar-refractivity contribution in [2.75, 3.05) is 18.1 Å². The fraction of sp³-hybridized carbons (Fsp3) is 0.231. The number of nitrogens with one attached hydrogen (secondary N) is 1. The van der Waals surface area contributed by atoms with Gasteiger partial charge in [-0.05, 0) is 0 Å². The Hall–Kier alpha value is -2.39. The molecule has 0 fully saturated rings. The van der Waals surface area contributed by atoms with Gasteiger partial charge in [-0.3, -0.25) is 9.59 Å². The zero-order chi connectivity index (χ0) is 15.9. The molecule has 0 bridgehead atoms. The number of thioether (sulfide) groups is 1. The summed E-state index contributed by atoms with van der Waals surface area (Å²) in [6.45, 7) is -0.400. The van der Waals surface area contributed by atoms with Gasteiger partial charge in [0.15, 0.2) is 11.6 Å². The summed E-state index contributed by atoms with van der Waals surface area (Å²) in [6, 6.07) is 8.72. The molecule has 0 atom stereocenters. The lowest BCUT2D eigenvalue weighted by molar-refractivity contribution is -0.118. The molecule has 0 saturated carbocycles. The van der Waals surface area contributed by atoms with E-state index < -0.39 is 0 Å². The highest BCUT2D eigenvalue weighted by molar-refractivity contribution is 7.99. The number of Topliss-reactive ketones (excluding diaryl/α,β-unsaturated/α-hetero) is 1. The second-order valence-corrected chi connectivity index (χ2v) is 5.22. The van der Waals surface area contributed by atoms with Crippen LogP contribution in [0.4, 0.5) is 0 Å². The molecule has 0 saturated heterocycles. The summed E-state index contributed by atoms with van der Waals surface area (Å²) < 4.78 is 1.12. The normalized spacial score (nSPS) is 10.4. The molecule has 22 heavy (non-hydrogen) atoms. The number of nitrogen functional groups attached to an aromatic ring is 1. The van der Waals surface area contributed by atoms with Gasteiger partial charge in [0.1, 0.15) is 6.61 Å². The first-order chi connectivity index (χ1) is 10.6. The van der Waals surface area contributed by atoms with Crippen LogP contribution in [0.1, 0.15) is 16.2 Å². The van der Waals surface area contributed by atoms with E-state index in [1.807, 2.05) is 6.07 Å². The van der Waals surface area contributed by atoms with Crippen molar-refractivity contribution in [2.24, 2.45) is 0 Å². The van der Waals surface area contributed by atoms with Gasteiger partial charge in [0.05, 0.1) is 12.3 Å². The summed E-state index contributed by atoms with van der Waals surface area (Å²) in [4.78, 5) is 23.5. The molecule has 0 radical (unpaired) electrons. The summed E-state index contributed by atoms with van der Waals surface area (Å²) in [5, 5.41) is 19.2. The van der Waals surface area contributed by atoms with E-state index in [1.54, 1.807) is 24.3 Å². The highest BCUT2D eigenvalue weighted by Crippen LogP contribution is 2.13. The molecule has 0 unspecified atom stereocenters. The number of carbonyl (C=O) groups is 2.